The molecule has 0 aromatic carbocycles. The van der Waals surface area contributed by atoms with E-state index in [2.05, 4.69) is 0 Å². The molecule has 1 N–H and O–H groups in total. The average Bonchev–Trinajstić information content (AvgIpc) is 2.59. The standard InChI is InChI=1S/C19H19NO5/c1-20-6-4-10-7-11(21)17-15-14(10)16(20)12(22)8-18(15)5-3-13(23)19(9-18,24-2)25-17/h4,6-7,13,23H,3,5,8-9H2,1-2H3. The van der Waals surface area contributed by atoms with E-state index in [1.807, 2.05) is 23.9 Å². The number of nitrogens with zero attached hydrogens (tertiary/aromatic N) is 1. The van der Waals surface area contributed by atoms with Crippen molar-refractivity contribution in [3.05, 3.63) is 39.8 Å². The summed E-state index contributed by atoms with van der Waals surface area (Å²) in [5.74, 6) is -0.958. The molecule has 6 nitrogen and oxygen atoms in total. The van der Waals surface area contributed by atoms with E-state index in [9.17, 15) is 14.7 Å². The summed E-state index contributed by atoms with van der Waals surface area (Å²) < 4.78 is 13.4. The molecule has 5 aliphatic rings. The normalized spacial score (nSPS) is 32.6. The maximum atomic E-state index is 13.0. The maximum Gasteiger partial charge on any atom is 0.237 e. The van der Waals surface area contributed by atoms with Gasteiger partial charge in [0.05, 0.1) is 5.69 Å². The summed E-state index contributed by atoms with van der Waals surface area (Å²) in [6, 6.07) is 3.38. The van der Waals surface area contributed by atoms with Crippen LogP contribution in [0.1, 0.15) is 41.7 Å². The van der Waals surface area contributed by atoms with E-state index < -0.39 is 17.3 Å². The fourth-order valence-corrected chi connectivity index (χ4v) is 5.11. The van der Waals surface area contributed by atoms with Crippen LogP contribution in [0.5, 0.6) is 5.75 Å². The van der Waals surface area contributed by atoms with Crippen molar-refractivity contribution in [2.45, 2.75) is 43.0 Å². The molecule has 0 aromatic rings. The van der Waals surface area contributed by atoms with Gasteiger partial charge < -0.3 is 19.1 Å². The second-order valence-electron chi connectivity index (χ2n) is 7.55. The molecule has 1 spiro atoms. The van der Waals surface area contributed by atoms with Gasteiger partial charge in [-0.05, 0) is 30.5 Å². The number of aromatic nitrogens is 1. The number of rotatable bonds is 1. The lowest BCUT2D eigenvalue weighted by Gasteiger charge is -2.55. The highest BCUT2D eigenvalue weighted by molar-refractivity contribution is 6.05. The van der Waals surface area contributed by atoms with Crippen molar-refractivity contribution >= 4 is 5.78 Å². The van der Waals surface area contributed by atoms with Crippen LogP contribution in [0.2, 0.25) is 0 Å². The number of Topliss-reactive ketones (excluding diaryl/α,β-unsaturated/α-hetero) is 1. The van der Waals surface area contributed by atoms with Crippen LogP contribution in [0.15, 0.2) is 23.1 Å². The molecule has 6 heteroatoms. The zero-order valence-corrected chi connectivity index (χ0v) is 14.2. The van der Waals surface area contributed by atoms with E-state index in [1.54, 1.807) is 0 Å². The molecule has 25 heavy (non-hydrogen) atoms. The second-order valence-corrected chi connectivity index (χ2v) is 7.55. The largest absolute Gasteiger partial charge is 0.455 e. The molecule has 0 saturated heterocycles. The molecule has 1 fully saturated rings. The van der Waals surface area contributed by atoms with Crippen LogP contribution >= 0.6 is 0 Å². The van der Waals surface area contributed by atoms with Crippen molar-refractivity contribution in [1.29, 1.82) is 0 Å². The zero-order chi connectivity index (χ0) is 17.6. The summed E-state index contributed by atoms with van der Waals surface area (Å²) in [4.78, 5) is 25.8. The SMILES string of the molecule is COC12CC3(CCC1O)CC(=O)c1c4c3c(c(=O)cc-4ccn1C)O2. The molecular formula is C19H19NO5. The molecule has 3 aliphatic carbocycles. The van der Waals surface area contributed by atoms with E-state index in [0.29, 0.717) is 31.4 Å². The van der Waals surface area contributed by atoms with Gasteiger partial charge in [-0.2, -0.15) is 0 Å². The third-order valence-electron chi connectivity index (χ3n) is 6.25. The Hall–Kier alpha value is -2.18. The number of carbonyl (C=O) groups is 1. The van der Waals surface area contributed by atoms with Crippen LogP contribution in [0.25, 0.3) is 11.1 Å². The molecule has 2 heterocycles. The molecule has 2 bridgehead atoms. The van der Waals surface area contributed by atoms with Crippen LogP contribution in [0, 0.1) is 0 Å². The second kappa shape index (κ2) is 4.51. The van der Waals surface area contributed by atoms with Gasteiger partial charge in [-0.15, -0.1) is 0 Å². The molecule has 0 aromatic heterocycles. The third-order valence-corrected chi connectivity index (χ3v) is 6.25. The summed E-state index contributed by atoms with van der Waals surface area (Å²) >= 11 is 0. The Balaban J connectivity index is 1.95. The van der Waals surface area contributed by atoms with E-state index in [1.165, 1.54) is 13.2 Å². The Kier molecular flexibility index (Phi) is 2.72. The number of aryl methyl sites for hydroxylation is 1. The van der Waals surface area contributed by atoms with Gasteiger partial charge in [-0.1, -0.05) is 0 Å². The highest BCUT2D eigenvalue weighted by Crippen LogP contribution is 2.59. The zero-order valence-electron chi connectivity index (χ0n) is 14.2. The summed E-state index contributed by atoms with van der Waals surface area (Å²) in [7, 11) is 3.32. The first kappa shape index (κ1) is 15.1. The van der Waals surface area contributed by atoms with Crippen molar-refractivity contribution in [2.75, 3.05) is 7.11 Å². The Morgan fingerprint density at radius 2 is 2.20 bits per heavy atom. The minimum absolute atomic E-state index is 0.0634. The van der Waals surface area contributed by atoms with Gasteiger partial charge >= 0.3 is 0 Å². The molecule has 1 saturated carbocycles. The van der Waals surface area contributed by atoms with Crippen LogP contribution in [-0.2, 0) is 17.2 Å². The third kappa shape index (κ3) is 1.66. The highest BCUT2D eigenvalue weighted by Gasteiger charge is 2.61. The quantitative estimate of drug-likeness (QED) is 0.852. The van der Waals surface area contributed by atoms with Gasteiger partial charge in [-0.3, -0.25) is 9.59 Å². The fraction of sp³-hybridized carbons (Fsp3) is 0.474. The smallest absolute Gasteiger partial charge is 0.237 e. The van der Waals surface area contributed by atoms with Gasteiger partial charge in [-0.25, -0.2) is 0 Å². The first-order valence-corrected chi connectivity index (χ1v) is 8.53. The lowest BCUT2D eigenvalue weighted by atomic mass is 9.58. The van der Waals surface area contributed by atoms with Crippen molar-refractivity contribution in [3.63, 3.8) is 0 Å². The summed E-state index contributed by atoms with van der Waals surface area (Å²) in [5.41, 5.74) is 2.30. The molecule has 0 radical (unpaired) electrons. The minimum atomic E-state index is -1.26. The van der Waals surface area contributed by atoms with Gasteiger partial charge in [0.25, 0.3) is 0 Å². The van der Waals surface area contributed by atoms with E-state index in [0.717, 1.165) is 16.7 Å². The van der Waals surface area contributed by atoms with Crippen LogP contribution in [0.3, 0.4) is 0 Å². The Morgan fingerprint density at radius 1 is 1.40 bits per heavy atom. The molecule has 0 amide bonds. The first-order chi connectivity index (χ1) is 11.9. The fourth-order valence-electron chi connectivity index (χ4n) is 5.11. The van der Waals surface area contributed by atoms with E-state index in [-0.39, 0.29) is 17.0 Å². The number of ether oxygens (including phenoxy) is 2. The molecule has 2 aliphatic heterocycles. The lowest BCUT2D eigenvalue weighted by Crippen LogP contribution is -2.62. The van der Waals surface area contributed by atoms with Gasteiger partial charge in [0.2, 0.25) is 11.2 Å². The number of methoxy groups -OCH3 is 1. The van der Waals surface area contributed by atoms with Gasteiger partial charge in [0, 0.05) is 49.7 Å². The van der Waals surface area contributed by atoms with Crippen LogP contribution in [0.4, 0.5) is 0 Å². The predicted molar refractivity (Wildman–Crippen MR) is 89.2 cm³/mol. The van der Waals surface area contributed by atoms with Crippen LogP contribution in [-0.4, -0.2) is 34.5 Å². The topological polar surface area (TPSA) is 77.8 Å². The number of ketones is 1. The number of carbonyl (C=O) groups excluding carboxylic acids is 1. The van der Waals surface area contributed by atoms with Gasteiger partial charge in [0.1, 0.15) is 6.10 Å². The van der Waals surface area contributed by atoms with Crippen LogP contribution < -0.4 is 10.2 Å². The van der Waals surface area contributed by atoms with Crippen molar-refractivity contribution < 1.29 is 19.4 Å². The number of benzene rings is 1. The molecule has 3 atom stereocenters. The number of hydrogen-bond donors (Lipinski definition) is 1. The molecule has 130 valence electrons. The van der Waals surface area contributed by atoms with Crippen molar-refractivity contribution in [1.82, 2.24) is 4.57 Å². The Morgan fingerprint density at radius 3 is 2.96 bits per heavy atom. The Labute approximate surface area is 144 Å². The Bertz CT molecular complexity index is 963. The minimum Gasteiger partial charge on any atom is -0.455 e. The molecule has 5 rings (SSSR count). The number of hydrogen-bond acceptors (Lipinski definition) is 5. The average molecular weight is 341 g/mol. The number of aliphatic hydroxyl groups is 1. The number of aliphatic hydroxyl groups excluding tert-OH is 1. The molecule has 3 unspecified atom stereocenters. The lowest BCUT2D eigenvalue weighted by molar-refractivity contribution is -0.260. The van der Waals surface area contributed by atoms with Crippen molar-refractivity contribution in [2.24, 2.45) is 7.05 Å². The monoisotopic (exact) mass is 341 g/mol. The number of fused-ring (bicyclic) bond motifs is 1. The predicted octanol–water partition coefficient (Wildman–Crippen LogP) is 1.59. The van der Waals surface area contributed by atoms with Crippen molar-refractivity contribution in [3.8, 4) is 16.9 Å². The highest BCUT2D eigenvalue weighted by atomic mass is 16.7. The maximum absolute atomic E-state index is 13.0. The summed E-state index contributed by atoms with van der Waals surface area (Å²) in [5, 5.41) is 10.5. The van der Waals surface area contributed by atoms with E-state index >= 15 is 0 Å². The molecular weight excluding hydrogens is 322 g/mol. The van der Waals surface area contributed by atoms with E-state index in [4.69, 9.17) is 9.47 Å². The number of pyridine rings is 1. The van der Waals surface area contributed by atoms with Gasteiger partial charge in [0.15, 0.2) is 11.5 Å². The summed E-state index contributed by atoms with van der Waals surface area (Å²) in [6.45, 7) is 0. The first-order valence-electron chi connectivity index (χ1n) is 8.53. The summed E-state index contributed by atoms with van der Waals surface area (Å²) in [6.07, 6.45) is 2.79.